The topological polar surface area (TPSA) is 33.5 Å². The molecule has 3 nitrogen and oxygen atoms in total. The number of rotatable bonds is 4. The van der Waals surface area contributed by atoms with E-state index in [1.807, 2.05) is 43.3 Å². The molecule has 1 aromatic carbocycles. The lowest BCUT2D eigenvalue weighted by molar-refractivity contribution is 0.0972. The highest BCUT2D eigenvalue weighted by Crippen LogP contribution is 2.17. The average Bonchev–Trinajstić information content (AvgIpc) is 2.72. The molecule has 0 radical (unpaired) electrons. The lowest BCUT2D eigenvalue weighted by atomic mass is 10.1. The molecule has 0 fully saturated rings. The van der Waals surface area contributed by atoms with E-state index in [9.17, 15) is 4.79 Å². The number of carbonyl (C=O) groups is 1. The fraction of sp³-hybridized carbons (Fsp3) is 0.308. The molecule has 1 heterocycles. The van der Waals surface area contributed by atoms with Gasteiger partial charge < -0.3 is 9.32 Å². The van der Waals surface area contributed by atoms with E-state index in [4.69, 9.17) is 4.42 Å². The lowest BCUT2D eigenvalue weighted by Gasteiger charge is -2.08. The van der Waals surface area contributed by atoms with Gasteiger partial charge in [-0.05, 0) is 38.4 Å². The molecule has 0 bridgehead atoms. The molecule has 0 spiro atoms. The van der Waals surface area contributed by atoms with Gasteiger partial charge in [-0.3, -0.25) is 4.79 Å². The van der Waals surface area contributed by atoms with Gasteiger partial charge >= 0.3 is 0 Å². The van der Waals surface area contributed by atoms with E-state index in [1.54, 1.807) is 6.26 Å². The van der Waals surface area contributed by atoms with Crippen molar-refractivity contribution in [1.29, 1.82) is 0 Å². The number of benzene rings is 1. The van der Waals surface area contributed by atoms with Gasteiger partial charge in [-0.15, -0.1) is 0 Å². The highest BCUT2D eigenvalue weighted by atomic mass is 16.3. The summed E-state index contributed by atoms with van der Waals surface area (Å²) >= 11 is 0. The van der Waals surface area contributed by atoms with Crippen LogP contribution < -0.4 is 0 Å². The summed E-state index contributed by atoms with van der Waals surface area (Å²) in [7, 11) is 3.93. The number of Topliss-reactive ketones (excluding diaryl/α,β-unsaturated/α-hetero) is 1. The van der Waals surface area contributed by atoms with Crippen LogP contribution in [-0.2, 0) is 0 Å². The van der Waals surface area contributed by atoms with E-state index < -0.39 is 0 Å². The summed E-state index contributed by atoms with van der Waals surface area (Å²) in [6.45, 7) is 0.780. The van der Waals surface area contributed by atoms with Gasteiger partial charge in [0.1, 0.15) is 5.58 Å². The predicted octanol–water partition coefficient (Wildman–Crippen LogP) is 2.57. The smallest absolute Gasteiger partial charge is 0.164 e. The first-order chi connectivity index (χ1) is 7.66. The number of ketones is 1. The number of carbonyl (C=O) groups excluding carboxylic acids is 1. The number of hydrogen-bond acceptors (Lipinski definition) is 3. The van der Waals surface area contributed by atoms with Gasteiger partial charge in [-0.1, -0.05) is 0 Å². The van der Waals surface area contributed by atoms with Crippen molar-refractivity contribution in [3.63, 3.8) is 0 Å². The summed E-state index contributed by atoms with van der Waals surface area (Å²) in [6.07, 6.45) is 2.19. The van der Waals surface area contributed by atoms with Gasteiger partial charge in [0, 0.05) is 23.9 Å². The van der Waals surface area contributed by atoms with Crippen LogP contribution in [0, 0.1) is 0 Å². The quantitative estimate of drug-likeness (QED) is 0.738. The van der Waals surface area contributed by atoms with Crippen LogP contribution in [0.25, 0.3) is 11.0 Å². The summed E-state index contributed by atoms with van der Waals surface area (Å²) < 4.78 is 5.23. The van der Waals surface area contributed by atoms with Crippen LogP contribution in [0.5, 0.6) is 0 Å². The van der Waals surface area contributed by atoms with E-state index >= 15 is 0 Å². The summed E-state index contributed by atoms with van der Waals surface area (Å²) in [5.41, 5.74) is 1.58. The highest BCUT2D eigenvalue weighted by Gasteiger charge is 2.07. The van der Waals surface area contributed by atoms with Crippen molar-refractivity contribution in [2.45, 2.75) is 6.42 Å². The zero-order valence-electron chi connectivity index (χ0n) is 9.56. The Kier molecular flexibility index (Phi) is 3.06. The molecule has 84 valence electrons. The third-order valence-electron chi connectivity index (χ3n) is 2.56. The second kappa shape index (κ2) is 4.49. The molecule has 16 heavy (non-hydrogen) atoms. The van der Waals surface area contributed by atoms with Gasteiger partial charge in [0.2, 0.25) is 0 Å². The van der Waals surface area contributed by atoms with Crippen LogP contribution in [0.1, 0.15) is 16.8 Å². The van der Waals surface area contributed by atoms with Crippen molar-refractivity contribution in [2.24, 2.45) is 0 Å². The Labute approximate surface area is 94.7 Å². The second-order valence-corrected chi connectivity index (χ2v) is 4.15. The first-order valence-corrected chi connectivity index (χ1v) is 5.32. The van der Waals surface area contributed by atoms with Crippen molar-refractivity contribution >= 4 is 16.8 Å². The monoisotopic (exact) mass is 217 g/mol. The Hall–Kier alpha value is -1.61. The van der Waals surface area contributed by atoms with Crippen molar-refractivity contribution in [1.82, 2.24) is 4.90 Å². The van der Waals surface area contributed by atoms with Gasteiger partial charge in [-0.2, -0.15) is 0 Å². The number of hydrogen-bond donors (Lipinski definition) is 0. The minimum Gasteiger partial charge on any atom is -0.464 e. The molecular weight excluding hydrogens is 202 g/mol. The van der Waals surface area contributed by atoms with Crippen LogP contribution in [0.4, 0.5) is 0 Å². The maximum Gasteiger partial charge on any atom is 0.164 e. The highest BCUT2D eigenvalue weighted by molar-refractivity contribution is 5.99. The van der Waals surface area contributed by atoms with Crippen molar-refractivity contribution < 1.29 is 9.21 Å². The van der Waals surface area contributed by atoms with Crippen LogP contribution in [0.15, 0.2) is 34.9 Å². The summed E-state index contributed by atoms with van der Waals surface area (Å²) in [5, 5.41) is 0.982. The maximum absolute atomic E-state index is 11.9. The minimum atomic E-state index is 0.178. The Morgan fingerprint density at radius 2 is 2.12 bits per heavy atom. The summed E-state index contributed by atoms with van der Waals surface area (Å²) in [6, 6.07) is 7.43. The predicted molar refractivity (Wildman–Crippen MR) is 63.7 cm³/mol. The minimum absolute atomic E-state index is 0.178. The largest absolute Gasteiger partial charge is 0.464 e. The first kappa shape index (κ1) is 10.9. The van der Waals surface area contributed by atoms with E-state index in [2.05, 4.69) is 0 Å². The molecule has 0 N–H and O–H groups in total. The molecule has 0 unspecified atom stereocenters. The number of fused-ring (bicyclic) bond motifs is 1. The van der Waals surface area contributed by atoms with Gasteiger partial charge in [0.15, 0.2) is 5.78 Å². The van der Waals surface area contributed by atoms with Crippen LogP contribution >= 0.6 is 0 Å². The molecule has 1 aromatic heterocycles. The molecule has 0 amide bonds. The molecule has 0 aliphatic carbocycles. The summed E-state index contributed by atoms with van der Waals surface area (Å²) in [5.74, 6) is 0.178. The lowest BCUT2D eigenvalue weighted by Crippen LogP contribution is -2.16. The third kappa shape index (κ3) is 2.31. The van der Waals surface area contributed by atoms with Gasteiger partial charge in [-0.25, -0.2) is 0 Å². The van der Waals surface area contributed by atoms with E-state index in [0.29, 0.717) is 6.42 Å². The fourth-order valence-corrected chi connectivity index (χ4v) is 1.61. The van der Waals surface area contributed by atoms with Crippen molar-refractivity contribution in [3.8, 4) is 0 Å². The number of nitrogens with zero attached hydrogens (tertiary/aromatic N) is 1. The Balaban J connectivity index is 2.16. The third-order valence-corrected chi connectivity index (χ3v) is 2.56. The summed E-state index contributed by atoms with van der Waals surface area (Å²) in [4.78, 5) is 13.9. The Morgan fingerprint density at radius 1 is 1.31 bits per heavy atom. The molecule has 0 saturated carbocycles. The zero-order valence-corrected chi connectivity index (χ0v) is 9.56. The standard InChI is InChI=1S/C13H15NO2/c1-14(2)7-5-12(15)10-3-4-13-11(9-10)6-8-16-13/h3-4,6,8-9H,5,7H2,1-2H3. The average molecular weight is 217 g/mol. The molecule has 0 saturated heterocycles. The van der Waals surface area contributed by atoms with Crippen molar-refractivity contribution in [2.75, 3.05) is 20.6 Å². The normalized spacial score (nSPS) is 11.2. The Bertz CT molecular complexity index is 499. The molecular formula is C13H15NO2. The van der Waals surface area contributed by atoms with Crippen LogP contribution in [0.2, 0.25) is 0 Å². The van der Waals surface area contributed by atoms with Crippen LogP contribution in [-0.4, -0.2) is 31.3 Å². The Morgan fingerprint density at radius 3 is 2.88 bits per heavy atom. The zero-order chi connectivity index (χ0) is 11.5. The second-order valence-electron chi connectivity index (χ2n) is 4.15. The molecule has 2 aromatic rings. The molecule has 3 heteroatoms. The SMILES string of the molecule is CN(C)CCC(=O)c1ccc2occc2c1. The molecule has 0 aliphatic rings. The van der Waals surface area contributed by atoms with Crippen LogP contribution in [0.3, 0.4) is 0 Å². The molecule has 0 atom stereocenters. The molecule has 0 aliphatic heterocycles. The van der Waals surface area contributed by atoms with E-state index in [-0.39, 0.29) is 5.78 Å². The van der Waals surface area contributed by atoms with Crippen molar-refractivity contribution in [3.05, 3.63) is 36.1 Å². The van der Waals surface area contributed by atoms with Gasteiger partial charge in [0.05, 0.1) is 6.26 Å². The van der Waals surface area contributed by atoms with E-state index in [0.717, 1.165) is 23.1 Å². The molecule has 2 rings (SSSR count). The number of furan rings is 1. The maximum atomic E-state index is 11.9. The van der Waals surface area contributed by atoms with E-state index in [1.165, 1.54) is 0 Å². The first-order valence-electron chi connectivity index (χ1n) is 5.32. The van der Waals surface area contributed by atoms with Gasteiger partial charge in [0.25, 0.3) is 0 Å². The fourth-order valence-electron chi connectivity index (χ4n) is 1.61.